The fourth-order valence-electron chi connectivity index (χ4n) is 2.72. The van der Waals surface area contributed by atoms with Crippen LogP contribution >= 0.6 is 22.7 Å². The number of hydrogen-bond donors (Lipinski definition) is 1. The fourth-order valence-corrected chi connectivity index (χ4v) is 4.16. The number of carbonyl (C=O) groups excluding carboxylic acids is 2. The summed E-state index contributed by atoms with van der Waals surface area (Å²) in [4.78, 5) is 28.9. The van der Waals surface area contributed by atoms with Crippen molar-refractivity contribution in [3.63, 3.8) is 0 Å². The lowest BCUT2D eigenvalue weighted by atomic mass is 10.2. The van der Waals surface area contributed by atoms with E-state index in [4.69, 9.17) is 0 Å². The Morgan fingerprint density at radius 2 is 1.54 bits per heavy atom. The van der Waals surface area contributed by atoms with Crippen LogP contribution in [0.5, 0.6) is 0 Å². The minimum atomic E-state index is -0.376. The molecule has 2 aromatic heterocycles. The minimum absolute atomic E-state index is 0.0674. The maximum Gasteiger partial charge on any atom is 0.251 e. The van der Waals surface area contributed by atoms with Gasteiger partial charge in [0.25, 0.3) is 5.91 Å². The van der Waals surface area contributed by atoms with E-state index in [2.05, 4.69) is 5.32 Å². The number of nitrogens with one attached hydrogen (secondary N) is 1. The van der Waals surface area contributed by atoms with Gasteiger partial charge in [0.15, 0.2) is 0 Å². The molecule has 0 saturated heterocycles. The minimum Gasteiger partial charge on any atom is -0.352 e. The summed E-state index contributed by atoms with van der Waals surface area (Å²) in [6.07, 6.45) is 0.914. The van der Waals surface area contributed by atoms with Crippen LogP contribution in [0.2, 0.25) is 0 Å². The Hall–Kier alpha value is -2.51. The van der Waals surface area contributed by atoms with Gasteiger partial charge in [-0.1, -0.05) is 12.1 Å². The lowest BCUT2D eigenvalue weighted by Gasteiger charge is -2.21. The van der Waals surface area contributed by atoms with E-state index >= 15 is 0 Å². The van der Waals surface area contributed by atoms with Crippen molar-refractivity contribution in [1.82, 2.24) is 10.2 Å². The number of halogens is 1. The van der Waals surface area contributed by atoms with E-state index in [0.29, 0.717) is 38.0 Å². The van der Waals surface area contributed by atoms with Crippen molar-refractivity contribution in [2.24, 2.45) is 0 Å². The van der Waals surface area contributed by atoms with E-state index in [1.54, 1.807) is 22.7 Å². The lowest BCUT2D eigenvalue weighted by Crippen LogP contribution is -2.31. The molecule has 0 fully saturated rings. The van der Waals surface area contributed by atoms with E-state index in [-0.39, 0.29) is 17.6 Å². The van der Waals surface area contributed by atoms with Gasteiger partial charge in [0.2, 0.25) is 5.91 Å². The molecule has 2 heterocycles. The second kappa shape index (κ2) is 10.1. The molecular formula is C21H21FN2O2S2. The molecule has 3 rings (SSSR count). The molecule has 0 unspecified atom stereocenters. The number of rotatable bonds is 9. The first-order valence-corrected chi connectivity index (χ1v) is 10.7. The molecule has 4 nitrogen and oxygen atoms in total. The molecule has 0 bridgehead atoms. The van der Waals surface area contributed by atoms with Gasteiger partial charge in [0.1, 0.15) is 5.82 Å². The van der Waals surface area contributed by atoms with Crippen LogP contribution in [0.15, 0.2) is 59.3 Å². The van der Waals surface area contributed by atoms with Crippen molar-refractivity contribution in [3.8, 4) is 0 Å². The Labute approximate surface area is 171 Å². The van der Waals surface area contributed by atoms with Gasteiger partial charge in [0, 0.05) is 28.3 Å². The van der Waals surface area contributed by atoms with Crippen LogP contribution in [0, 0.1) is 5.82 Å². The van der Waals surface area contributed by atoms with E-state index in [0.717, 1.165) is 9.75 Å². The molecule has 146 valence electrons. The molecule has 7 heteroatoms. The molecule has 0 spiro atoms. The molecule has 0 radical (unpaired) electrons. The van der Waals surface area contributed by atoms with E-state index in [1.807, 2.05) is 39.9 Å². The highest BCUT2D eigenvalue weighted by Crippen LogP contribution is 2.18. The van der Waals surface area contributed by atoms with Crippen molar-refractivity contribution in [2.45, 2.75) is 25.9 Å². The maximum atomic E-state index is 12.9. The SMILES string of the molecule is O=C(NCCCC(=O)N(Cc1cccs1)Cc1cccs1)c1ccc(F)cc1. The Morgan fingerprint density at radius 3 is 2.07 bits per heavy atom. The number of amides is 2. The number of thiophene rings is 2. The van der Waals surface area contributed by atoms with Crippen molar-refractivity contribution in [1.29, 1.82) is 0 Å². The Balaban J connectivity index is 1.48. The first-order valence-electron chi connectivity index (χ1n) is 8.98. The number of hydrogen-bond acceptors (Lipinski definition) is 4. The predicted molar refractivity (Wildman–Crippen MR) is 111 cm³/mol. The standard InChI is InChI=1S/C21H21FN2O2S2/c22-17-9-7-16(8-10-17)21(26)23-11-1-6-20(25)24(14-18-4-2-12-27-18)15-19-5-3-13-28-19/h2-5,7-10,12-13H,1,6,11,14-15H2,(H,23,26). The highest BCUT2D eigenvalue weighted by atomic mass is 32.1. The summed E-state index contributed by atoms with van der Waals surface area (Å²) in [6, 6.07) is 13.4. The van der Waals surface area contributed by atoms with Crippen LogP contribution in [0.4, 0.5) is 4.39 Å². The number of benzene rings is 1. The van der Waals surface area contributed by atoms with Crippen molar-refractivity contribution >= 4 is 34.5 Å². The molecule has 0 aliphatic heterocycles. The van der Waals surface area contributed by atoms with Crippen LogP contribution in [0.25, 0.3) is 0 Å². The van der Waals surface area contributed by atoms with Gasteiger partial charge in [-0.3, -0.25) is 9.59 Å². The normalized spacial score (nSPS) is 10.6. The summed E-state index contributed by atoms with van der Waals surface area (Å²) in [5, 5.41) is 6.79. The van der Waals surface area contributed by atoms with Crippen LogP contribution in [-0.4, -0.2) is 23.3 Å². The smallest absolute Gasteiger partial charge is 0.251 e. The van der Waals surface area contributed by atoms with Gasteiger partial charge in [0.05, 0.1) is 13.1 Å². The Kier molecular flexibility index (Phi) is 7.33. The molecule has 0 aliphatic carbocycles. The average Bonchev–Trinajstić information content (AvgIpc) is 3.39. The summed E-state index contributed by atoms with van der Waals surface area (Å²) < 4.78 is 12.9. The number of carbonyl (C=O) groups is 2. The van der Waals surface area contributed by atoms with Gasteiger partial charge in [-0.25, -0.2) is 4.39 Å². The van der Waals surface area contributed by atoms with Gasteiger partial charge >= 0.3 is 0 Å². The van der Waals surface area contributed by atoms with Gasteiger partial charge < -0.3 is 10.2 Å². The first kappa shape index (κ1) is 20.2. The van der Waals surface area contributed by atoms with Gasteiger partial charge in [-0.15, -0.1) is 22.7 Å². The van der Waals surface area contributed by atoms with E-state index < -0.39 is 0 Å². The summed E-state index contributed by atoms with van der Waals surface area (Å²) in [5.74, 6) is -0.571. The van der Waals surface area contributed by atoms with Crippen molar-refractivity contribution < 1.29 is 14.0 Å². The topological polar surface area (TPSA) is 49.4 Å². The largest absolute Gasteiger partial charge is 0.352 e. The third kappa shape index (κ3) is 6.00. The zero-order valence-electron chi connectivity index (χ0n) is 15.3. The summed E-state index contributed by atoms with van der Waals surface area (Å²) >= 11 is 3.28. The second-order valence-electron chi connectivity index (χ2n) is 6.27. The van der Waals surface area contributed by atoms with Gasteiger partial charge in [-0.05, 0) is 53.6 Å². The van der Waals surface area contributed by atoms with Crippen molar-refractivity contribution in [3.05, 3.63) is 80.4 Å². The van der Waals surface area contributed by atoms with Crippen LogP contribution in [0.3, 0.4) is 0 Å². The first-order chi connectivity index (χ1) is 13.6. The fraction of sp³-hybridized carbons (Fsp3) is 0.238. The lowest BCUT2D eigenvalue weighted by molar-refractivity contribution is -0.132. The van der Waals surface area contributed by atoms with Crippen LogP contribution in [0.1, 0.15) is 33.0 Å². The second-order valence-corrected chi connectivity index (χ2v) is 8.34. The predicted octanol–water partition coefficient (Wildman–Crippen LogP) is 4.69. The molecule has 1 N–H and O–H groups in total. The maximum absolute atomic E-state index is 12.9. The molecule has 0 atom stereocenters. The highest BCUT2D eigenvalue weighted by Gasteiger charge is 2.16. The molecule has 0 saturated carbocycles. The zero-order chi connectivity index (χ0) is 19.8. The summed E-state index contributed by atoms with van der Waals surface area (Å²) in [6.45, 7) is 1.58. The molecular weight excluding hydrogens is 395 g/mol. The van der Waals surface area contributed by atoms with Crippen molar-refractivity contribution in [2.75, 3.05) is 6.54 Å². The molecule has 28 heavy (non-hydrogen) atoms. The van der Waals surface area contributed by atoms with E-state index in [1.165, 1.54) is 24.3 Å². The summed E-state index contributed by atoms with van der Waals surface area (Å²) in [5.41, 5.74) is 0.407. The molecule has 3 aromatic rings. The number of nitrogens with zero attached hydrogens (tertiary/aromatic N) is 1. The average molecular weight is 417 g/mol. The summed E-state index contributed by atoms with van der Waals surface area (Å²) in [7, 11) is 0. The monoisotopic (exact) mass is 416 g/mol. The van der Waals surface area contributed by atoms with Crippen LogP contribution in [-0.2, 0) is 17.9 Å². The Morgan fingerprint density at radius 1 is 0.929 bits per heavy atom. The molecule has 1 aromatic carbocycles. The molecule has 2 amide bonds. The third-order valence-electron chi connectivity index (χ3n) is 4.17. The highest BCUT2D eigenvalue weighted by molar-refractivity contribution is 7.10. The zero-order valence-corrected chi connectivity index (χ0v) is 16.9. The van der Waals surface area contributed by atoms with Gasteiger partial charge in [-0.2, -0.15) is 0 Å². The van der Waals surface area contributed by atoms with Crippen LogP contribution < -0.4 is 5.32 Å². The molecule has 0 aliphatic rings. The third-order valence-corrected chi connectivity index (χ3v) is 5.89. The quantitative estimate of drug-likeness (QED) is 0.515. The van der Waals surface area contributed by atoms with E-state index in [9.17, 15) is 14.0 Å². The Bertz CT molecular complexity index is 842.